The molecule has 0 saturated heterocycles. The lowest BCUT2D eigenvalue weighted by Crippen LogP contribution is -2.34. The second kappa shape index (κ2) is 7.40. The van der Waals surface area contributed by atoms with E-state index >= 15 is 0 Å². The van der Waals surface area contributed by atoms with Crippen LogP contribution >= 0.6 is 0 Å². The van der Waals surface area contributed by atoms with Crippen molar-refractivity contribution in [3.05, 3.63) is 23.8 Å². The number of methoxy groups -OCH3 is 1. The highest BCUT2D eigenvalue weighted by molar-refractivity contribution is 5.42. The van der Waals surface area contributed by atoms with Gasteiger partial charge in [-0.2, -0.15) is 0 Å². The van der Waals surface area contributed by atoms with Gasteiger partial charge >= 0.3 is 6.36 Å². The van der Waals surface area contributed by atoms with E-state index in [-0.39, 0.29) is 11.7 Å². The van der Waals surface area contributed by atoms with Crippen LogP contribution in [-0.2, 0) is 0 Å². The van der Waals surface area contributed by atoms with Crippen molar-refractivity contribution in [2.45, 2.75) is 50.6 Å². The summed E-state index contributed by atoms with van der Waals surface area (Å²) < 4.78 is 46.2. The van der Waals surface area contributed by atoms with Gasteiger partial charge in [0.1, 0.15) is 11.5 Å². The van der Waals surface area contributed by atoms with Crippen molar-refractivity contribution in [3.8, 4) is 11.5 Å². The van der Waals surface area contributed by atoms with Gasteiger partial charge in [0.2, 0.25) is 0 Å². The number of hydrogen-bond acceptors (Lipinski definition) is 4. The van der Waals surface area contributed by atoms with Crippen LogP contribution in [0.4, 0.5) is 13.2 Å². The fourth-order valence-corrected chi connectivity index (χ4v) is 3.12. The predicted molar refractivity (Wildman–Crippen MR) is 79.2 cm³/mol. The molecule has 2 rings (SSSR count). The highest BCUT2D eigenvalue weighted by Gasteiger charge is 2.33. The van der Waals surface area contributed by atoms with E-state index in [1.54, 1.807) is 0 Å². The third-order valence-electron chi connectivity index (χ3n) is 4.29. The summed E-state index contributed by atoms with van der Waals surface area (Å²) in [7, 11) is 1.41. The van der Waals surface area contributed by atoms with Crippen LogP contribution in [0.25, 0.3) is 0 Å². The van der Waals surface area contributed by atoms with Crippen molar-refractivity contribution >= 4 is 0 Å². The van der Waals surface area contributed by atoms with Gasteiger partial charge in [-0.05, 0) is 37.0 Å². The number of hydrogen-bond donors (Lipinski definition) is 2. The summed E-state index contributed by atoms with van der Waals surface area (Å²) in [5.74, 6) is 0.0112. The van der Waals surface area contributed by atoms with Crippen molar-refractivity contribution in [1.29, 1.82) is 0 Å². The molecule has 0 aromatic heterocycles. The minimum absolute atomic E-state index is 0.0515. The average Bonchev–Trinajstić information content (AvgIpc) is 2.52. The van der Waals surface area contributed by atoms with E-state index in [0.29, 0.717) is 11.3 Å². The molecular weight excluding hydrogens is 311 g/mol. The van der Waals surface area contributed by atoms with Gasteiger partial charge in [-0.15, -0.1) is 13.2 Å². The van der Waals surface area contributed by atoms with Gasteiger partial charge in [0.15, 0.2) is 0 Å². The first-order chi connectivity index (χ1) is 10.8. The summed E-state index contributed by atoms with van der Waals surface area (Å²) in [6.45, 7) is 0. The van der Waals surface area contributed by atoms with Crippen LogP contribution in [0.15, 0.2) is 18.2 Å². The van der Waals surface area contributed by atoms with Crippen LogP contribution < -0.4 is 15.2 Å². The van der Waals surface area contributed by atoms with E-state index < -0.39 is 18.5 Å². The van der Waals surface area contributed by atoms with Gasteiger partial charge in [-0.3, -0.25) is 0 Å². The Labute approximate surface area is 133 Å². The van der Waals surface area contributed by atoms with Crippen molar-refractivity contribution < 1.29 is 27.8 Å². The maximum Gasteiger partial charge on any atom is 0.573 e. The summed E-state index contributed by atoms with van der Waals surface area (Å²) in [4.78, 5) is 0. The van der Waals surface area contributed by atoms with E-state index in [1.165, 1.54) is 19.2 Å². The first-order valence-corrected chi connectivity index (χ1v) is 7.69. The third kappa shape index (κ3) is 4.75. The SMILES string of the molecule is COc1ccc(OC(F)(F)F)cc1[C@@H](N)[C@@H](O)C1CCCCC1. The van der Waals surface area contributed by atoms with Crippen molar-refractivity contribution in [3.63, 3.8) is 0 Å². The number of halogens is 3. The number of ether oxygens (including phenoxy) is 2. The van der Waals surface area contributed by atoms with E-state index in [1.807, 2.05) is 0 Å². The Morgan fingerprint density at radius 1 is 1.22 bits per heavy atom. The molecule has 1 fully saturated rings. The highest BCUT2D eigenvalue weighted by Crippen LogP contribution is 2.36. The second-order valence-corrected chi connectivity index (χ2v) is 5.87. The molecule has 130 valence electrons. The first-order valence-electron chi connectivity index (χ1n) is 7.69. The standard InChI is InChI=1S/C16H22F3NO3/c1-22-13-8-7-11(23-16(17,18)19)9-12(13)14(20)15(21)10-5-3-2-4-6-10/h7-10,14-15,21H,2-6,20H2,1H3/t14-,15+/m1/s1. The second-order valence-electron chi connectivity index (χ2n) is 5.87. The van der Waals surface area contributed by atoms with E-state index in [0.717, 1.165) is 38.2 Å². The van der Waals surface area contributed by atoms with Gasteiger partial charge in [-0.1, -0.05) is 19.3 Å². The molecule has 3 N–H and O–H groups in total. The monoisotopic (exact) mass is 333 g/mol. The number of nitrogens with two attached hydrogens (primary N) is 1. The largest absolute Gasteiger partial charge is 0.573 e. The minimum atomic E-state index is -4.78. The summed E-state index contributed by atoms with van der Waals surface area (Å²) in [6.07, 6.45) is -0.670. The van der Waals surface area contributed by atoms with Gasteiger partial charge in [0.05, 0.1) is 19.3 Å². The van der Waals surface area contributed by atoms with Crippen LogP contribution in [0, 0.1) is 5.92 Å². The van der Waals surface area contributed by atoms with Crippen LogP contribution in [0.1, 0.15) is 43.7 Å². The summed E-state index contributed by atoms with van der Waals surface area (Å²) in [5.41, 5.74) is 6.42. The zero-order valence-electron chi connectivity index (χ0n) is 13.0. The molecule has 7 heteroatoms. The molecule has 0 amide bonds. The number of rotatable bonds is 5. The fourth-order valence-electron chi connectivity index (χ4n) is 3.12. The number of benzene rings is 1. The summed E-state index contributed by atoms with van der Waals surface area (Å²) >= 11 is 0. The molecule has 0 radical (unpaired) electrons. The van der Waals surface area contributed by atoms with Gasteiger partial charge in [0.25, 0.3) is 0 Å². The molecule has 1 aliphatic rings. The number of alkyl halides is 3. The smallest absolute Gasteiger partial charge is 0.496 e. The molecule has 1 saturated carbocycles. The maximum atomic E-state index is 12.4. The topological polar surface area (TPSA) is 64.7 Å². The minimum Gasteiger partial charge on any atom is -0.496 e. The molecule has 0 spiro atoms. The Morgan fingerprint density at radius 2 is 1.87 bits per heavy atom. The molecule has 0 unspecified atom stereocenters. The lowest BCUT2D eigenvalue weighted by atomic mass is 9.81. The van der Waals surface area contributed by atoms with Crippen LogP contribution in [0.3, 0.4) is 0 Å². The molecule has 2 atom stereocenters. The molecule has 0 bridgehead atoms. The van der Waals surface area contributed by atoms with Crippen LogP contribution in [-0.4, -0.2) is 24.7 Å². The fraction of sp³-hybridized carbons (Fsp3) is 0.625. The Kier molecular flexibility index (Phi) is 5.75. The molecule has 23 heavy (non-hydrogen) atoms. The quantitative estimate of drug-likeness (QED) is 0.865. The molecule has 0 aliphatic heterocycles. The Hall–Kier alpha value is -1.47. The zero-order chi connectivity index (χ0) is 17.0. The van der Waals surface area contributed by atoms with Gasteiger partial charge < -0.3 is 20.3 Å². The van der Waals surface area contributed by atoms with Gasteiger partial charge in [-0.25, -0.2) is 0 Å². The Balaban J connectivity index is 2.22. The first kappa shape index (κ1) is 17.9. The third-order valence-corrected chi connectivity index (χ3v) is 4.29. The van der Waals surface area contributed by atoms with Crippen LogP contribution in [0.2, 0.25) is 0 Å². The molecule has 0 heterocycles. The molecule has 1 aromatic rings. The number of aliphatic hydroxyl groups is 1. The van der Waals surface area contributed by atoms with E-state index in [2.05, 4.69) is 4.74 Å². The summed E-state index contributed by atoms with van der Waals surface area (Å²) in [6, 6.07) is 2.88. The highest BCUT2D eigenvalue weighted by atomic mass is 19.4. The average molecular weight is 333 g/mol. The van der Waals surface area contributed by atoms with Crippen molar-refractivity contribution in [2.24, 2.45) is 11.7 Å². The molecule has 1 aromatic carbocycles. The predicted octanol–water partition coefficient (Wildman–Crippen LogP) is 3.53. The maximum absolute atomic E-state index is 12.4. The molecule has 1 aliphatic carbocycles. The van der Waals surface area contributed by atoms with Crippen LogP contribution in [0.5, 0.6) is 11.5 Å². The summed E-state index contributed by atoms with van der Waals surface area (Å²) in [5, 5.41) is 10.5. The van der Waals surface area contributed by atoms with E-state index in [4.69, 9.17) is 10.5 Å². The lowest BCUT2D eigenvalue weighted by molar-refractivity contribution is -0.274. The molecule has 4 nitrogen and oxygen atoms in total. The van der Waals surface area contributed by atoms with Gasteiger partial charge in [0, 0.05) is 5.56 Å². The van der Waals surface area contributed by atoms with E-state index in [9.17, 15) is 18.3 Å². The lowest BCUT2D eigenvalue weighted by Gasteiger charge is -2.31. The van der Waals surface area contributed by atoms with Crippen molar-refractivity contribution in [1.82, 2.24) is 0 Å². The Morgan fingerprint density at radius 3 is 2.43 bits per heavy atom. The molecular formula is C16H22F3NO3. The van der Waals surface area contributed by atoms with Crippen molar-refractivity contribution in [2.75, 3.05) is 7.11 Å². The number of aliphatic hydroxyl groups excluding tert-OH is 1. The Bertz CT molecular complexity index is 516. The zero-order valence-corrected chi connectivity index (χ0v) is 13.0. The normalized spacial score (nSPS) is 19.2.